The van der Waals surface area contributed by atoms with Crippen LogP contribution in [0.1, 0.15) is 90.0 Å². The molecule has 1 saturated heterocycles. The van der Waals surface area contributed by atoms with Gasteiger partial charge in [-0.25, -0.2) is 4.39 Å². The molecule has 1 aliphatic heterocycles. The van der Waals surface area contributed by atoms with Gasteiger partial charge in [0.2, 0.25) is 5.82 Å². The van der Waals surface area contributed by atoms with Crippen LogP contribution in [0.5, 0.6) is 5.75 Å². The van der Waals surface area contributed by atoms with Crippen molar-refractivity contribution in [2.24, 2.45) is 11.8 Å². The van der Waals surface area contributed by atoms with Gasteiger partial charge in [-0.3, -0.25) is 0 Å². The molecule has 0 bridgehead atoms. The smallest absolute Gasteiger partial charge is 0.200 e. The predicted molar refractivity (Wildman–Crippen MR) is 119 cm³/mol. The van der Waals surface area contributed by atoms with Crippen molar-refractivity contribution in [3.63, 3.8) is 0 Å². The molecule has 3 rings (SSSR count). The Kier molecular flexibility index (Phi) is 10.0. The van der Waals surface area contributed by atoms with E-state index in [0.29, 0.717) is 24.5 Å². The summed E-state index contributed by atoms with van der Waals surface area (Å²) >= 11 is 0. The third-order valence-electron chi connectivity index (χ3n) is 7.03. The molecule has 1 aromatic carbocycles. The van der Waals surface area contributed by atoms with E-state index >= 15 is 0 Å². The summed E-state index contributed by atoms with van der Waals surface area (Å²) in [6.07, 6.45) is 12.8. The van der Waals surface area contributed by atoms with Crippen LogP contribution in [0.15, 0.2) is 12.1 Å². The van der Waals surface area contributed by atoms with Gasteiger partial charge < -0.3 is 14.2 Å². The summed E-state index contributed by atoms with van der Waals surface area (Å²) in [4.78, 5) is 0. The number of hydrogen-bond donors (Lipinski definition) is 0. The lowest BCUT2D eigenvalue weighted by Gasteiger charge is -2.37. The Morgan fingerprint density at radius 2 is 1.65 bits per heavy atom. The van der Waals surface area contributed by atoms with E-state index in [1.54, 1.807) is 6.07 Å². The molecule has 2 atom stereocenters. The minimum Gasteiger partial charge on any atom is -0.490 e. The molecular weight excluding hydrogens is 398 g/mol. The average molecular weight is 439 g/mol. The van der Waals surface area contributed by atoms with Crippen LogP contribution >= 0.6 is 0 Å². The van der Waals surface area contributed by atoms with Crippen molar-refractivity contribution < 1.29 is 23.0 Å². The minimum absolute atomic E-state index is 0.0122. The van der Waals surface area contributed by atoms with Crippen molar-refractivity contribution in [3.05, 3.63) is 29.3 Å². The van der Waals surface area contributed by atoms with Crippen LogP contribution in [0.25, 0.3) is 0 Å². The second-order valence-electron chi connectivity index (χ2n) is 9.34. The Balaban J connectivity index is 1.39. The molecule has 1 aliphatic carbocycles. The van der Waals surface area contributed by atoms with Gasteiger partial charge in [0.25, 0.3) is 0 Å². The summed E-state index contributed by atoms with van der Waals surface area (Å²) < 4.78 is 46.1. The summed E-state index contributed by atoms with van der Waals surface area (Å²) in [6.45, 7) is 5.67. The van der Waals surface area contributed by atoms with Gasteiger partial charge in [-0.2, -0.15) is 4.39 Å². The topological polar surface area (TPSA) is 27.7 Å². The van der Waals surface area contributed by atoms with Crippen LogP contribution in [-0.2, 0) is 16.1 Å². The molecule has 31 heavy (non-hydrogen) atoms. The number of benzene rings is 1. The van der Waals surface area contributed by atoms with Crippen molar-refractivity contribution in [3.8, 4) is 5.75 Å². The van der Waals surface area contributed by atoms with Gasteiger partial charge in [-0.15, -0.1) is 0 Å². The van der Waals surface area contributed by atoms with E-state index in [2.05, 4.69) is 6.92 Å². The van der Waals surface area contributed by atoms with Gasteiger partial charge in [0.05, 0.1) is 32.0 Å². The second-order valence-corrected chi connectivity index (χ2v) is 9.34. The SMILES string of the molecule is CCCCOc1ccc(COC2CCC(C3CCC(CCCC)OC3)CC2)c(F)c1F. The van der Waals surface area contributed by atoms with Crippen LogP contribution < -0.4 is 4.74 Å². The summed E-state index contributed by atoms with van der Waals surface area (Å²) in [7, 11) is 0. The molecule has 0 amide bonds. The second kappa shape index (κ2) is 12.7. The fourth-order valence-corrected chi connectivity index (χ4v) is 4.91. The van der Waals surface area contributed by atoms with E-state index in [0.717, 1.165) is 45.1 Å². The van der Waals surface area contributed by atoms with Crippen LogP contribution in [-0.4, -0.2) is 25.4 Å². The first kappa shape index (κ1) is 24.4. The Bertz CT molecular complexity index is 650. The summed E-state index contributed by atoms with van der Waals surface area (Å²) in [5, 5.41) is 0. The largest absolute Gasteiger partial charge is 0.490 e. The van der Waals surface area contributed by atoms with Crippen molar-refractivity contribution in [2.45, 2.75) is 103 Å². The zero-order valence-electron chi connectivity index (χ0n) is 19.3. The molecule has 176 valence electrons. The van der Waals surface area contributed by atoms with E-state index in [9.17, 15) is 8.78 Å². The quantitative estimate of drug-likeness (QED) is 0.342. The third kappa shape index (κ3) is 7.15. The van der Waals surface area contributed by atoms with Gasteiger partial charge in [0, 0.05) is 5.56 Å². The van der Waals surface area contributed by atoms with E-state index in [1.165, 1.54) is 38.2 Å². The Morgan fingerprint density at radius 3 is 2.32 bits per heavy atom. The maximum atomic E-state index is 14.4. The van der Waals surface area contributed by atoms with E-state index in [4.69, 9.17) is 14.2 Å². The zero-order valence-corrected chi connectivity index (χ0v) is 19.3. The van der Waals surface area contributed by atoms with Crippen LogP contribution in [0.2, 0.25) is 0 Å². The van der Waals surface area contributed by atoms with Crippen LogP contribution in [0.3, 0.4) is 0 Å². The van der Waals surface area contributed by atoms with Crippen molar-refractivity contribution in [1.29, 1.82) is 0 Å². The lowest BCUT2D eigenvalue weighted by molar-refractivity contribution is -0.0541. The summed E-state index contributed by atoms with van der Waals surface area (Å²) in [5.41, 5.74) is 0.265. The number of halogens is 2. The molecule has 1 heterocycles. The molecule has 1 aromatic rings. The van der Waals surface area contributed by atoms with Crippen LogP contribution in [0, 0.1) is 23.5 Å². The molecule has 0 aromatic heterocycles. The van der Waals surface area contributed by atoms with Gasteiger partial charge in [-0.1, -0.05) is 33.1 Å². The number of rotatable bonds is 11. The van der Waals surface area contributed by atoms with E-state index in [-0.39, 0.29) is 24.0 Å². The molecule has 2 aliphatic rings. The van der Waals surface area contributed by atoms with E-state index in [1.807, 2.05) is 6.92 Å². The fourth-order valence-electron chi connectivity index (χ4n) is 4.91. The van der Waals surface area contributed by atoms with Crippen molar-refractivity contribution in [1.82, 2.24) is 0 Å². The zero-order chi connectivity index (χ0) is 22.1. The maximum absolute atomic E-state index is 14.4. The first-order chi connectivity index (χ1) is 15.1. The molecule has 1 saturated carbocycles. The molecule has 5 heteroatoms. The van der Waals surface area contributed by atoms with Gasteiger partial charge in [-0.05, 0) is 75.3 Å². The minimum atomic E-state index is -0.907. The van der Waals surface area contributed by atoms with Crippen molar-refractivity contribution >= 4 is 0 Å². The van der Waals surface area contributed by atoms with Crippen LogP contribution in [0.4, 0.5) is 8.78 Å². The molecule has 0 spiro atoms. The maximum Gasteiger partial charge on any atom is 0.200 e. The highest BCUT2D eigenvalue weighted by Crippen LogP contribution is 2.37. The van der Waals surface area contributed by atoms with Crippen molar-refractivity contribution in [2.75, 3.05) is 13.2 Å². The number of hydrogen-bond acceptors (Lipinski definition) is 3. The monoisotopic (exact) mass is 438 g/mol. The molecule has 0 radical (unpaired) electrons. The summed E-state index contributed by atoms with van der Waals surface area (Å²) in [5.74, 6) is -0.386. The fraction of sp³-hybridized carbons (Fsp3) is 0.769. The van der Waals surface area contributed by atoms with Gasteiger partial charge >= 0.3 is 0 Å². The standard InChI is InChI=1S/C26H40F2O3/c1-3-5-7-22-14-10-20(17-30-22)19-8-12-23(13-9-19)31-18-21-11-15-24(26(28)25(21)27)29-16-6-4-2/h11,15,19-20,22-23H,3-10,12-14,16-18H2,1-2H3. The molecule has 2 unspecified atom stereocenters. The predicted octanol–water partition coefficient (Wildman–Crippen LogP) is 7.20. The highest BCUT2D eigenvalue weighted by molar-refractivity contribution is 5.30. The lowest BCUT2D eigenvalue weighted by atomic mass is 9.76. The normalized spacial score (nSPS) is 26.7. The molecular formula is C26H40F2O3. The summed E-state index contributed by atoms with van der Waals surface area (Å²) in [6, 6.07) is 3.10. The van der Waals surface area contributed by atoms with E-state index < -0.39 is 11.6 Å². The lowest BCUT2D eigenvalue weighted by Crippen LogP contribution is -2.33. The molecule has 0 N–H and O–H groups in total. The first-order valence-corrected chi connectivity index (χ1v) is 12.4. The van der Waals surface area contributed by atoms with Gasteiger partial charge in [0.1, 0.15) is 0 Å². The highest BCUT2D eigenvalue weighted by atomic mass is 19.2. The Morgan fingerprint density at radius 1 is 0.903 bits per heavy atom. The highest BCUT2D eigenvalue weighted by Gasteiger charge is 2.31. The third-order valence-corrected chi connectivity index (χ3v) is 7.03. The molecule has 3 nitrogen and oxygen atoms in total. The first-order valence-electron chi connectivity index (χ1n) is 12.4. The molecule has 2 fully saturated rings. The Labute approximate surface area is 186 Å². The number of unbranched alkanes of at least 4 members (excludes halogenated alkanes) is 2. The van der Waals surface area contributed by atoms with Gasteiger partial charge in [0.15, 0.2) is 11.6 Å². The number of ether oxygens (including phenoxy) is 3. The average Bonchev–Trinajstić information content (AvgIpc) is 2.81. The Hall–Kier alpha value is -1.20.